The van der Waals surface area contributed by atoms with Crippen molar-refractivity contribution in [2.24, 2.45) is 11.8 Å². The molecule has 3 nitrogen and oxygen atoms in total. The maximum absolute atomic E-state index is 10.6. The molecule has 0 aromatic carbocycles. The minimum absolute atomic E-state index is 0.319. The number of hydrogen-bond donors (Lipinski definition) is 1. The van der Waals surface area contributed by atoms with Crippen molar-refractivity contribution >= 4 is 5.97 Å². The van der Waals surface area contributed by atoms with Crippen LogP contribution in [-0.4, -0.2) is 35.6 Å². The number of hydrogen-bond acceptors (Lipinski definition) is 2. The third kappa shape index (κ3) is 8.93. The van der Waals surface area contributed by atoms with Gasteiger partial charge in [0.15, 0.2) is 0 Å². The van der Waals surface area contributed by atoms with E-state index in [0.29, 0.717) is 23.8 Å². The normalized spacial score (nSPS) is 11.5. The highest BCUT2D eigenvalue weighted by Crippen LogP contribution is 2.08. The van der Waals surface area contributed by atoms with E-state index in [4.69, 9.17) is 5.11 Å². The van der Waals surface area contributed by atoms with Crippen molar-refractivity contribution in [3.05, 3.63) is 12.2 Å². The number of nitrogens with zero attached hydrogens (tertiary/aromatic N) is 1. The maximum atomic E-state index is 10.6. The van der Waals surface area contributed by atoms with Crippen molar-refractivity contribution < 1.29 is 9.90 Å². The van der Waals surface area contributed by atoms with E-state index in [1.54, 1.807) is 0 Å². The molecule has 0 amide bonds. The van der Waals surface area contributed by atoms with Gasteiger partial charge in [0.2, 0.25) is 0 Å². The summed E-state index contributed by atoms with van der Waals surface area (Å²) in [5.41, 5.74) is 0.319. The predicted molar refractivity (Wildman–Crippen MR) is 72.1 cm³/mol. The Kier molecular flexibility index (Phi) is 7.88. The molecule has 0 rings (SSSR count). The van der Waals surface area contributed by atoms with Gasteiger partial charge < -0.3 is 10.0 Å². The summed E-state index contributed by atoms with van der Waals surface area (Å²) >= 11 is 0. The van der Waals surface area contributed by atoms with E-state index < -0.39 is 5.97 Å². The van der Waals surface area contributed by atoms with Crippen molar-refractivity contribution in [2.45, 2.75) is 40.5 Å². The van der Waals surface area contributed by atoms with Crippen LogP contribution >= 0.6 is 0 Å². The average Bonchev–Trinajstić information content (AvgIpc) is 2.14. The van der Waals surface area contributed by atoms with Crippen LogP contribution < -0.4 is 0 Å². The molecule has 0 saturated heterocycles. The largest absolute Gasteiger partial charge is 0.478 e. The highest BCUT2D eigenvalue weighted by atomic mass is 16.4. The quantitative estimate of drug-likeness (QED) is 0.631. The van der Waals surface area contributed by atoms with Crippen LogP contribution in [0.5, 0.6) is 0 Å². The SMILES string of the molecule is C=C(CCCN(CC(C)C)CC(C)C)C(=O)O. The van der Waals surface area contributed by atoms with E-state index in [0.717, 1.165) is 26.1 Å². The van der Waals surface area contributed by atoms with E-state index in [9.17, 15) is 4.79 Å². The number of aliphatic carboxylic acids is 1. The third-order valence-electron chi connectivity index (χ3n) is 2.50. The molecule has 3 heteroatoms. The van der Waals surface area contributed by atoms with Gasteiger partial charge >= 0.3 is 5.97 Å². The van der Waals surface area contributed by atoms with Gasteiger partial charge in [0.1, 0.15) is 0 Å². The Balaban J connectivity index is 3.98. The molecular formula is C14H27NO2. The van der Waals surface area contributed by atoms with Gasteiger partial charge in [0, 0.05) is 18.7 Å². The highest BCUT2D eigenvalue weighted by Gasteiger charge is 2.10. The molecule has 0 saturated carbocycles. The average molecular weight is 241 g/mol. The third-order valence-corrected chi connectivity index (χ3v) is 2.50. The number of carboxylic acid groups (broad SMARTS) is 1. The molecular weight excluding hydrogens is 214 g/mol. The lowest BCUT2D eigenvalue weighted by atomic mass is 10.1. The molecule has 17 heavy (non-hydrogen) atoms. The molecule has 0 spiro atoms. The van der Waals surface area contributed by atoms with Crippen molar-refractivity contribution in [3.63, 3.8) is 0 Å². The molecule has 0 fully saturated rings. The number of carbonyl (C=O) groups is 1. The van der Waals surface area contributed by atoms with Crippen LogP contribution in [0.3, 0.4) is 0 Å². The topological polar surface area (TPSA) is 40.5 Å². The lowest BCUT2D eigenvalue weighted by Crippen LogP contribution is -2.32. The minimum Gasteiger partial charge on any atom is -0.478 e. The Labute approximate surface area is 106 Å². The molecule has 0 heterocycles. The Bertz CT molecular complexity index is 237. The lowest BCUT2D eigenvalue weighted by Gasteiger charge is -2.26. The van der Waals surface area contributed by atoms with Gasteiger partial charge in [-0.25, -0.2) is 4.79 Å². The zero-order chi connectivity index (χ0) is 13.4. The van der Waals surface area contributed by atoms with Gasteiger partial charge in [-0.2, -0.15) is 0 Å². The van der Waals surface area contributed by atoms with Crippen LogP contribution in [0.25, 0.3) is 0 Å². The Morgan fingerprint density at radius 3 is 2.00 bits per heavy atom. The summed E-state index contributed by atoms with van der Waals surface area (Å²) in [5, 5.41) is 8.72. The van der Waals surface area contributed by atoms with Crippen molar-refractivity contribution in [1.29, 1.82) is 0 Å². The summed E-state index contributed by atoms with van der Waals surface area (Å²) in [6.45, 7) is 15.5. The second kappa shape index (κ2) is 8.29. The van der Waals surface area contributed by atoms with Gasteiger partial charge in [0.25, 0.3) is 0 Å². The van der Waals surface area contributed by atoms with E-state index in [1.807, 2.05) is 0 Å². The monoisotopic (exact) mass is 241 g/mol. The first-order chi connectivity index (χ1) is 7.82. The summed E-state index contributed by atoms with van der Waals surface area (Å²) in [4.78, 5) is 13.0. The molecule has 0 bridgehead atoms. The molecule has 1 N–H and O–H groups in total. The lowest BCUT2D eigenvalue weighted by molar-refractivity contribution is -0.132. The summed E-state index contributed by atoms with van der Waals surface area (Å²) in [6.07, 6.45) is 1.46. The Morgan fingerprint density at radius 2 is 1.65 bits per heavy atom. The second-order valence-corrected chi connectivity index (χ2v) is 5.56. The molecule has 0 radical (unpaired) electrons. The van der Waals surface area contributed by atoms with E-state index in [-0.39, 0.29) is 0 Å². The molecule has 100 valence electrons. The fourth-order valence-corrected chi connectivity index (χ4v) is 1.91. The van der Waals surface area contributed by atoms with Gasteiger partial charge in [-0.1, -0.05) is 34.3 Å². The fourth-order valence-electron chi connectivity index (χ4n) is 1.91. The first-order valence-corrected chi connectivity index (χ1v) is 6.46. The van der Waals surface area contributed by atoms with E-state index >= 15 is 0 Å². The van der Waals surface area contributed by atoms with Crippen LogP contribution in [-0.2, 0) is 4.79 Å². The van der Waals surface area contributed by atoms with Crippen molar-refractivity contribution in [3.8, 4) is 0 Å². The van der Waals surface area contributed by atoms with Crippen molar-refractivity contribution in [1.82, 2.24) is 4.90 Å². The summed E-state index contributed by atoms with van der Waals surface area (Å²) in [7, 11) is 0. The van der Waals surface area contributed by atoms with Gasteiger partial charge in [0.05, 0.1) is 0 Å². The highest BCUT2D eigenvalue weighted by molar-refractivity contribution is 5.85. The summed E-state index contributed by atoms with van der Waals surface area (Å²) in [6, 6.07) is 0. The van der Waals surface area contributed by atoms with Crippen LogP contribution in [0, 0.1) is 11.8 Å². The molecule has 0 aliphatic carbocycles. The summed E-state index contributed by atoms with van der Waals surface area (Å²) < 4.78 is 0. The Morgan fingerprint density at radius 1 is 1.18 bits per heavy atom. The molecule has 0 aromatic heterocycles. The minimum atomic E-state index is -0.871. The Hall–Kier alpha value is -0.830. The molecule has 0 aliphatic rings. The van der Waals surface area contributed by atoms with E-state index in [1.165, 1.54) is 0 Å². The molecule has 0 unspecified atom stereocenters. The first kappa shape index (κ1) is 16.2. The van der Waals surface area contributed by atoms with Crippen molar-refractivity contribution in [2.75, 3.05) is 19.6 Å². The van der Waals surface area contributed by atoms with Crippen LogP contribution in [0.4, 0.5) is 0 Å². The smallest absolute Gasteiger partial charge is 0.330 e. The zero-order valence-electron chi connectivity index (χ0n) is 11.7. The maximum Gasteiger partial charge on any atom is 0.330 e. The van der Waals surface area contributed by atoms with Crippen LogP contribution in [0.1, 0.15) is 40.5 Å². The summed E-state index contributed by atoms with van der Waals surface area (Å²) in [5.74, 6) is 0.428. The molecule has 0 aromatic rings. The standard InChI is InChI=1S/C14H27NO2/c1-11(2)9-15(10-12(3)4)8-6-7-13(5)14(16)17/h11-12H,5-10H2,1-4H3,(H,16,17). The predicted octanol–water partition coefficient (Wildman–Crippen LogP) is 3.02. The van der Waals surface area contributed by atoms with Gasteiger partial charge in [-0.05, 0) is 31.2 Å². The molecule has 0 atom stereocenters. The number of carboxylic acids is 1. The van der Waals surface area contributed by atoms with E-state index in [2.05, 4.69) is 39.2 Å². The van der Waals surface area contributed by atoms with Crippen LogP contribution in [0.2, 0.25) is 0 Å². The number of rotatable bonds is 9. The van der Waals surface area contributed by atoms with Crippen LogP contribution in [0.15, 0.2) is 12.2 Å². The molecule has 0 aliphatic heterocycles. The zero-order valence-corrected chi connectivity index (χ0v) is 11.7. The second-order valence-electron chi connectivity index (χ2n) is 5.56. The first-order valence-electron chi connectivity index (χ1n) is 6.46. The fraction of sp³-hybridized carbons (Fsp3) is 0.786. The van der Waals surface area contributed by atoms with Gasteiger partial charge in [-0.3, -0.25) is 0 Å². The van der Waals surface area contributed by atoms with Gasteiger partial charge in [-0.15, -0.1) is 0 Å².